The zero-order valence-electron chi connectivity index (χ0n) is 19.0. The molecule has 1 aromatic rings. The van der Waals surface area contributed by atoms with E-state index in [2.05, 4.69) is 25.9 Å². The third kappa shape index (κ3) is 10.2. The molecule has 1 rings (SSSR count). The molecule has 1 aromatic heterocycles. The van der Waals surface area contributed by atoms with Gasteiger partial charge in [0.1, 0.15) is 18.1 Å². The van der Waals surface area contributed by atoms with Gasteiger partial charge in [0.05, 0.1) is 19.0 Å². The summed E-state index contributed by atoms with van der Waals surface area (Å²) in [5, 5.41) is 26.2. The van der Waals surface area contributed by atoms with Gasteiger partial charge in [-0.25, -0.2) is 9.78 Å². The number of nitrogens with one attached hydrogen (secondary N) is 4. The number of aliphatic hydroxyl groups excluding tert-OH is 1. The number of carboxylic acid groups (broad SMARTS) is 1. The SMILES string of the molecule is CSCCC(NC(=O)C(CO)NC(=O)C(Cc1cnc[nH]1)NC(=O)C(N)CC(C)C)C(=O)O. The molecule has 0 aromatic carbocycles. The van der Waals surface area contributed by atoms with E-state index in [1.807, 2.05) is 13.8 Å². The fraction of sp³-hybridized carbons (Fsp3) is 0.650. The predicted octanol–water partition coefficient (Wildman–Crippen LogP) is -1.39. The highest BCUT2D eigenvalue weighted by molar-refractivity contribution is 7.98. The van der Waals surface area contributed by atoms with Gasteiger partial charge in [-0.2, -0.15) is 11.8 Å². The first-order valence-electron chi connectivity index (χ1n) is 10.6. The molecule has 0 spiro atoms. The second kappa shape index (κ2) is 14.5. The largest absolute Gasteiger partial charge is 0.480 e. The number of amides is 3. The van der Waals surface area contributed by atoms with Crippen LogP contribution < -0.4 is 21.7 Å². The van der Waals surface area contributed by atoms with Crippen molar-refractivity contribution in [1.82, 2.24) is 25.9 Å². The van der Waals surface area contributed by atoms with Crippen LogP contribution in [-0.4, -0.2) is 86.7 Å². The Bertz CT molecular complexity index is 775. The molecule has 0 aliphatic carbocycles. The highest BCUT2D eigenvalue weighted by Gasteiger charge is 2.30. The van der Waals surface area contributed by atoms with Crippen molar-refractivity contribution in [3.8, 4) is 0 Å². The summed E-state index contributed by atoms with van der Waals surface area (Å²) in [5.74, 6) is -2.66. The predicted molar refractivity (Wildman–Crippen MR) is 123 cm³/mol. The second-order valence-electron chi connectivity index (χ2n) is 8.00. The molecule has 1 heterocycles. The van der Waals surface area contributed by atoms with Gasteiger partial charge in [0, 0.05) is 18.3 Å². The number of aromatic nitrogens is 2. The number of carboxylic acids is 1. The summed E-state index contributed by atoms with van der Waals surface area (Å²) in [5.41, 5.74) is 6.47. The molecule has 0 aliphatic heterocycles. The minimum absolute atomic E-state index is 0.0389. The lowest BCUT2D eigenvalue weighted by Crippen LogP contribution is -2.58. The molecule has 8 N–H and O–H groups in total. The first-order chi connectivity index (χ1) is 15.6. The van der Waals surface area contributed by atoms with Crippen LogP contribution in [0.25, 0.3) is 0 Å². The lowest BCUT2D eigenvalue weighted by atomic mass is 10.0. The van der Waals surface area contributed by atoms with Crippen molar-refractivity contribution in [3.05, 3.63) is 18.2 Å². The third-order valence-corrected chi connectivity index (χ3v) is 5.36. The number of carbonyl (C=O) groups is 4. The van der Waals surface area contributed by atoms with Gasteiger partial charge in [-0.15, -0.1) is 0 Å². The number of imidazole rings is 1. The van der Waals surface area contributed by atoms with Gasteiger partial charge in [0.15, 0.2) is 0 Å². The number of aliphatic hydroxyl groups is 1. The number of H-pyrrole nitrogens is 1. The van der Waals surface area contributed by atoms with Crippen molar-refractivity contribution in [1.29, 1.82) is 0 Å². The van der Waals surface area contributed by atoms with Crippen LogP contribution in [0.1, 0.15) is 32.4 Å². The lowest BCUT2D eigenvalue weighted by Gasteiger charge is -2.24. The summed E-state index contributed by atoms with van der Waals surface area (Å²) in [6.07, 6.45) is 5.34. The number of hydrogen-bond donors (Lipinski definition) is 7. The molecule has 3 amide bonds. The van der Waals surface area contributed by atoms with Crippen molar-refractivity contribution in [2.75, 3.05) is 18.6 Å². The molecule has 13 heteroatoms. The van der Waals surface area contributed by atoms with E-state index in [-0.39, 0.29) is 18.8 Å². The Morgan fingerprint density at radius 1 is 1.09 bits per heavy atom. The zero-order chi connectivity index (χ0) is 25.0. The van der Waals surface area contributed by atoms with Crippen molar-refractivity contribution < 1.29 is 29.4 Å². The Morgan fingerprint density at radius 2 is 1.70 bits per heavy atom. The van der Waals surface area contributed by atoms with Gasteiger partial charge in [-0.1, -0.05) is 13.8 Å². The van der Waals surface area contributed by atoms with Crippen molar-refractivity contribution in [2.24, 2.45) is 11.7 Å². The highest BCUT2D eigenvalue weighted by Crippen LogP contribution is 2.06. The monoisotopic (exact) mass is 486 g/mol. The second-order valence-corrected chi connectivity index (χ2v) is 8.99. The first-order valence-corrected chi connectivity index (χ1v) is 11.9. The van der Waals surface area contributed by atoms with E-state index in [4.69, 9.17) is 5.73 Å². The maximum atomic E-state index is 12.9. The minimum Gasteiger partial charge on any atom is -0.480 e. The molecule has 4 atom stereocenters. The standard InChI is InChI=1S/C20H34N6O6S/c1-11(2)6-13(21)17(28)25-15(7-12-8-22-10-23-12)18(29)26-16(9-27)19(30)24-14(20(31)32)4-5-33-3/h8,10-11,13-16,27H,4-7,9,21H2,1-3H3,(H,22,23)(H,24,30)(H,25,28)(H,26,29)(H,31,32). The van der Waals surface area contributed by atoms with E-state index in [9.17, 15) is 29.4 Å². The van der Waals surface area contributed by atoms with Gasteiger partial charge < -0.3 is 36.9 Å². The third-order valence-electron chi connectivity index (χ3n) is 4.71. The van der Waals surface area contributed by atoms with Crippen LogP contribution in [0.3, 0.4) is 0 Å². The fourth-order valence-electron chi connectivity index (χ4n) is 2.95. The van der Waals surface area contributed by atoms with Gasteiger partial charge in [-0.05, 0) is 30.8 Å². The number of rotatable bonds is 15. The minimum atomic E-state index is -1.40. The average molecular weight is 487 g/mol. The molecule has 0 saturated heterocycles. The first kappa shape index (κ1) is 28.4. The Hall–Kier alpha value is -2.64. The molecule has 0 aliphatic rings. The lowest BCUT2D eigenvalue weighted by molar-refractivity contribution is -0.142. The van der Waals surface area contributed by atoms with Crippen molar-refractivity contribution in [3.63, 3.8) is 0 Å². The molecule has 0 radical (unpaired) electrons. The molecular formula is C20H34N6O6S. The van der Waals surface area contributed by atoms with E-state index in [1.165, 1.54) is 24.3 Å². The van der Waals surface area contributed by atoms with Gasteiger partial charge in [0.2, 0.25) is 17.7 Å². The fourth-order valence-corrected chi connectivity index (χ4v) is 3.42. The smallest absolute Gasteiger partial charge is 0.326 e. The molecule has 33 heavy (non-hydrogen) atoms. The average Bonchev–Trinajstić information content (AvgIpc) is 3.26. The van der Waals surface area contributed by atoms with Gasteiger partial charge >= 0.3 is 5.97 Å². The van der Waals surface area contributed by atoms with E-state index in [1.54, 1.807) is 6.26 Å². The maximum Gasteiger partial charge on any atom is 0.326 e. The van der Waals surface area contributed by atoms with Crippen molar-refractivity contribution >= 4 is 35.5 Å². The summed E-state index contributed by atoms with van der Waals surface area (Å²) in [4.78, 5) is 56.0. The molecule has 12 nitrogen and oxygen atoms in total. The number of nitrogens with two attached hydrogens (primary N) is 1. The van der Waals surface area contributed by atoms with E-state index < -0.39 is 54.5 Å². The Kier molecular flexibility index (Phi) is 12.5. The quantitative estimate of drug-likeness (QED) is 0.156. The number of nitrogens with zero attached hydrogens (tertiary/aromatic N) is 1. The van der Waals surface area contributed by atoms with Crippen molar-refractivity contribution in [2.45, 2.75) is 57.3 Å². The number of hydrogen-bond acceptors (Lipinski definition) is 8. The van der Waals surface area contributed by atoms with Crippen LogP contribution in [0.5, 0.6) is 0 Å². The van der Waals surface area contributed by atoms with Crippen LogP contribution in [-0.2, 0) is 25.6 Å². The normalized spacial score (nSPS) is 14.7. The summed E-state index contributed by atoms with van der Waals surface area (Å²) in [6, 6.07) is -4.50. The Morgan fingerprint density at radius 3 is 2.21 bits per heavy atom. The Balaban J connectivity index is 2.90. The van der Waals surface area contributed by atoms with Crippen LogP contribution in [0.2, 0.25) is 0 Å². The summed E-state index contributed by atoms with van der Waals surface area (Å²) in [7, 11) is 0. The number of carbonyl (C=O) groups excluding carboxylic acids is 3. The zero-order valence-corrected chi connectivity index (χ0v) is 19.9. The van der Waals surface area contributed by atoms with E-state index >= 15 is 0 Å². The molecule has 4 unspecified atom stereocenters. The molecule has 0 bridgehead atoms. The highest BCUT2D eigenvalue weighted by atomic mass is 32.2. The Labute approximate surface area is 196 Å². The van der Waals surface area contributed by atoms with E-state index in [0.29, 0.717) is 17.9 Å². The molecule has 0 saturated carbocycles. The summed E-state index contributed by atoms with van der Waals surface area (Å²) in [6.45, 7) is 3.07. The van der Waals surface area contributed by atoms with Crippen LogP contribution >= 0.6 is 11.8 Å². The van der Waals surface area contributed by atoms with Crippen LogP contribution in [0.4, 0.5) is 0 Å². The summed E-state index contributed by atoms with van der Waals surface area (Å²) >= 11 is 1.42. The van der Waals surface area contributed by atoms with Gasteiger partial charge in [-0.3, -0.25) is 14.4 Å². The molecule has 0 fully saturated rings. The number of thioether (sulfide) groups is 1. The number of aliphatic carboxylic acids is 1. The molecular weight excluding hydrogens is 452 g/mol. The number of aromatic amines is 1. The van der Waals surface area contributed by atoms with Gasteiger partial charge in [0.25, 0.3) is 0 Å². The summed E-state index contributed by atoms with van der Waals surface area (Å²) < 4.78 is 0. The topological polar surface area (TPSA) is 200 Å². The maximum absolute atomic E-state index is 12.9. The van der Waals surface area contributed by atoms with E-state index in [0.717, 1.165) is 0 Å². The van der Waals surface area contributed by atoms with Crippen LogP contribution in [0, 0.1) is 5.92 Å². The van der Waals surface area contributed by atoms with Crippen LogP contribution in [0.15, 0.2) is 12.5 Å². The molecule has 186 valence electrons.